The van der Waals surface area contributed by atoms with E-state index < -0.39 is 0 Å². The molecule has 0 bridgehead atoms. The summed E-state index contributed by atoms with van der Waals surface area (Å²) in [6.45, 7) is 3.64. The molecule has 0 saturated heterocycles. The number of aliphatic hydroxyl groups excluding tert-OH is 1. The van der Waals surface area contributed by atoms with Gasteiger partial charge in [-0.05, 0) is 36.3 Å². The third-order valence-electron chi connectivity index (χ3n) is 2.73. The summed E-state index contributed by atoms with van der Waals surface area (Å²) in [6.07, 6.45) is 4.62. The van der Waals surface area contributed by atoms with Gasteiger partial charge in [0.15, 0.2) is 0 Å². The number of hydrogen-bond acceptors (Lipinski definition) is 1. The first kappa shape index (κ1) is 9.47. The molecule has 1 unspecified atom stereocenters. The van der Waals surface area contributed by atoms with Crippen molar-refractivity contribution in [1.29, 1.82) is 0 Å². The first-order valence-corrected chi connectivity index (χ1v) is 5.20. The lowest BCUT2D eigenvalue weighted by atomic mass is 10.0. The summed E-state index contributed by atoms with van der Waals surface area (Å²) in [7, 11) is 0. The Bertz CT molecular complexity index is 326. The smallest absolute Gasteiger partial charge is 0.0824 e. The zero-order valence-electron chi connectivity index (χ0n) is 8.32. The van der Waals surface area contributed by atoms with Crippen LogP contribution in [0.25, 0.3) is 0 Å². The third kappa shape index (κ3) is 2.05. The molecule has 1 aliphatic rings. The molecule has 1 aromatic rings. The Morgan fingerprint density at radius 2 is 2.29 bits per heavy atom. The molecule has 1 atom stereocenters. The highest BCUT2D eigenvalue weighted by Crippen LogP contribution is 2.40. The van der Waals surface area contributed by atoms with Gasteiger partial charge in [-0.3, -0.25) is 0 Å². The summed E-state index contributed by atoms with van der Waals surface area (Å²) in [6, 6.07) is 8.31. The highest BCUT2D eigenvalue weighted by atomic mass is 16.3. The minimum absolute atomic E-state index is 0.383. The predicted octanol–water partition coefficient (Wildman–Crippen LogP) is 3.17. The molecule has 14 heavy (non-hydrogen) atoms. The molecule has 74 valence electrons. The van der Waals surface area contributed by atoms with Gasteiger partial charge in [-0.25, -0.2) is 0 Å². The minimum atomic E-state index is -0.383. The van der Waals surface area contributed by atoms with Crippen molar-refractivity contribution in [3.05, 3.63) is 48.0 Å². The molecule has 2 rings (SSSR count). The SMILES string of the molecule is C=CCC(O)c1cccc(C2CC2)c1. The molecule has 1 N–H and O–H groups in total. The van der Waals surface area contributed by atoms with Crippen molar-refractivity contribution >= 4 is 0 Å². The first-order chi connectivity index (χ1) is 6.81. The van der Waals surface area contributed by atoms with Crippen LogP contribution in [0.3, 0.4) is 0 Å². The van der Waals surface area contributed by atoms with Crippen LogP contribution in [-0.2, 0) is 0 Å². The molecule has 0 aromatic heterocycles. The maximum atomic E-state index is 9.78. The Morgan fingerprint density at radius 3 is 2.93 bits per heavy atom. The summed E-state index contributed by atoms with van der Waals surface area (Å²) < 4.78 is 0. The maximum absolute atomic E-state index is 9.78. The summed E-state index contributed by atoms with van der Waals surface area (Å²) in [5.74, 6) is 0.755. The highest BCUT2D eigenvalue weighted by molar-refractivity contribution is 5.30. The van der Waals surface area contributed by atoms with E-state index >= 15 is 0 Å². The number of aliphatic hydroxyl groups is 1. The normalized spacial score (nSPS) is 17.8. The van der Waals surface area contributed by atoms with Crippen molar-refractivity contribution in [3.63, 3.8) is 0 Å². The van der Waals surface area contributed by atoms with Crippen molar-refractivity contribution < 1.29 is 5.11 Å². The summed E-state index contributed by atoms with van der Waals surface area (Å²) in [5, 5.41) is 9.78. The molecule has 0 radical (unpaired) electrons. The van der Waals surface area contributed by atoms with E-state index in [2.05, 4.69) is 18.7 Å². The standard InChI is InChI=1S/C13H16O/c1-2-4-13(14)12-6-3-5-11(9-12)10-7-8-10/h2-3,5-6,9-10,13-14H,1,4,7-8H2. The van der Waals surface area contributed by atoms with E-state index in [-0.39, 0.29) is 6.10 Å². The second-order valence-electron chi connectivity index (χ2n) is 3.98. The monoisotopic (exact) mass is 188 g/mol. The average Bonchev–Trinajstić information content (AvgIpc) is 3.02. The summed E-state index contributed by atoms with van der Waals surface area (Å²) in [5.41, 5.74) is 2.40. The highest BCUT2D eigenvalue weighted by Gasteiger charge is 2.23. The van der Waals surface area contributed by atoms with Gasteiger partial charge in [0, 0.05) is 0 Å². The molecule has 0 amide bonds. The van der Waals surface area contributed by atoms with E-state index in [1.807, 2.05) is 12.1 Å². The van der Waals surface area contributed by atoms with Crippen LogP contribution in [0.2, 0.25) is 0 Å². The van der Waals surface area contributed by atoms with Crippen molar-refractivity contribution in [2.75, 3.05) is 0 Å². The minimum Gasteiger partial charge on any atom is -0.388 e. The van der Waals surface area contributed by atoms with Gasteiger partial charge in [-0.1, -0.05) is 30.3 Å². The predicted molar refractivity (Wildman–Crippen MR) is 58.2 cm³/mol. The lowest BCUT2D eigenvalue weighted by Crippen LogP contribution is -1.96. The van der Waals surface area contributed by atoms with E-state index in [0.29, 0.717) is 6.42 Å². The van der Waals surface area contributed by atoms with Crippen LogP contribution in [0.1, 0.15) is 42.4 Å². The van der Waals surface area contributed by atoms with Gasteiger partial charge in [-0.2, -0.15) is 0 Å². The Morgan fingerprint density at radius 1 is 1.50 bits per heavy atom. The average molecular weight is 188 g/mol. The van der Waals surface area contributed by atoms with Gasteiger partial charge in [0.05, 0.1) is 6.10 Å². The van der Waals surface area contributed by atoms with Gasteiger partial charge >= 0.3 is 0 Å². The Balaban J connectivity index is 2.16. The molecule has 1 aromatic carbocycles. The van der Waals surface area contributed by atoms with Crippen LogP contribution in [0.15, 0.2) is 36.9 Å². The third-order valence-corrected chi connectivity index (χ3v) is 2.73. The lowest BCUT2D eigenvalue weighted by Gasteiger charge is -2.09. The second-order valence-corrected chi connectivity index (χ2v) is 3.98. The fourth-order valence-corrected chi connectivity index (χ4v) is 1.73. The Kier molecular flexibility index (Phi) is 2.69. The van der Waals surface area contributed by atoms with Gasteiger partial charge in [0.1, 0.15) is 0 Å². The molecule has 1 heteroatoms. The maximum Gasteiger partial charge on any atom is 0.0824 e. The Hall–Kier alpha value is -1.08. The second kappa shape index (κ2) is 3.97. The van der Waals surface area contributed by atoms with Crippen molar-refractivity contribution in [3.8, 4) is 0 Å². The van der Waals surface area contributed by atoms with Crippen LogP contribution < -0.4 is 0 Å². The van der Waals surface area contributed by atoms with Crippen LogP contribution in [0, 0.1) is 0 Å². The summed E-state index contributed by atoms with van der Waals surface area (Å²) >= 11 is 0. The fraction of sp³-hybridized carbons (Fsp3) is 0.385. The van der Waals surface area contributed by atoms with Gasteiger partial charge < -0.3 is 5.11 Å². The molecule has 1 nitrogen and oxygen atoms in total. The van der Waals surface area contributed by atoms with Crippen LogP contribution in [-0.4, -0.2) is 5.11 Å². The van der Waals surface area contributed by atoms with E-state index in [1.165, 1.54) is 18.4 Å². The number of rotatable bonds is 4. The first-order valence-electron chi connectivity index (χ1n) is 5.20. The largest absolute Gasteiger partial charge is 0.388 e. The van der Waals surface area contributed by atoms with Crippen molar-refractivity contribution in [1.82, 2.24) is 0 Å². The van der Waals surface area contributed by atoms with E-state index in [9.17, 15) is 5.11 Å². The molecular weight excluding hydrogens is 172 g/mol. The summed E-state index contributed by atoms with van der Waals surface area (Å²) in [4.78, 5) is 0. The zero-order valence-corrected chi connectivity index (χ0v) is 8.32. The van der Waals surface area contributed by atoms with E-state index in [0.717, 1.165) is 11.5 Å². The van der Waals surface area contributed by atoms with E-state index in [4.69, 9.17) is 0 Å². The van der Waals surface area contributed by atoms with Gasteiger partial charge in [0.2, 0.25) is 0 Å². The zero-order chi connectivity index (χ0) is 9.97. The quantitative estimate of drug-likeness (QED) is 0.719. The number of hydrogen-bond donors (Lipinski definition) is 1. The topological polar surface area (TPSA) is 20.2 Å². The lowest BCUT2D eigenvalue weighted by molar-refractivity contribution is 0.181. The Labute approximate surface area is 85.1 Å². The van der Waals surface area contributed by atoms with Crippen molar-refractivity contribution in [2.24, 2.45) is 0 Å². The number of benzene rings is 1. The molecule has 0 spiro atoms. The molecule has 1 saturated carbocycles. The molecular formula is C13H16O. The van der Waals surface area contributed by atoms with Crippen molar-refractivity contribution in [2.45, 2.75) is 31.3 Å². The molecule has 1 aliphatic carbocycles. The molecule has 0 aliphatic heterocycles. The van der Waals surface area contributed by atoms with Gasteiger partial charge in [0.25, 0.3) is 0 Å². The van der Waals surface area contributed by atoms with Crippen LogP contribution >= 0.6 is 0 Å². The molecule has 1 fully saturated rings. The molecule has 0 heterocycles. The van der Waals surface area contributed by atoms with Crippen LogP contribution in [0.5, 0.6) is 0 Å². The van der Waals surface area contributed by atoms with Crippen LogP contribution in [0.4, 0.5) is 0 Å². The van der Waals surface area contributed by atoms with Gasteiger partial charge in [-0.15, -0.1) is 6.58 Å². The fourth-order valence-electron chi connectivity index (χ4n) is 1.73. The van der Waals surface area contributed by atoms with E-state index in [1.54, 1.807) is 6.08 Å².